The van der Waals surface area contributed by atoms with Crippen LogP contribution in [0.3, 0.4) is 0 Å². The number of benzene rings is 2. The van der Waals surface area contributed by atoms with Crippen LogP contribution in [0.15, 0.2) is 59.4 Å². The number of carbonyl (C=O) groups excluding carboxylic acids is 1. The lowest BCUT2D eigenvalue weighted by molar-refractivity contribution is -0.121. The zero-order valence-corrected chi connectivity index (χ0v) is 16.2. The molecule has 0 aliphatic heterocycles. The highest BCUT2D eigenvalue weighted by molar-refractivity contribution is 5.78. The van der Waals surface area contributed by atoms with Crippen molar-refractivity contribution in [2.45, 2.75) is 32.4 Å². The zero-order chi connectivity index (χ0) is 21.7. The average molecular weight is 415 g/mol. The summed E-state index contributed by atoms with van der Waals surface area (Å²) in [7, 11) is 0. The summed E-state index contributed by atoms with van der Waals surface area (Å²) in [6.07, 6.45) is 0.382. The van der Waals surface area contributed by atoms with Crippen LogP contribution in [-0.4, -0.2) is 21.7 Å². The van der Waals surface area contributed by atoms with E-state index >= 15 is 0 Å². The van der Waals surface area contributed by atoms with Gasteiger partial charge in [0.2, 0.25) is 5.91 Å². The largest absolute Gasteiger partial charge is 0.351 e. The van der Waals surface area contributed by atoms with Crippen molar-refractivity contribution in [2.75, 3.05) is 0 Å². The molecule has 0 radical (unpaired) electrons. The first-order chi connectivity index (χ1) is 14.4. The summed E-state index contributed by atoms with van der Waals surface area (Å²) >= 11 is 0. The maximum absolute atomic E-state index is 13.7. The van der Waals surface area contributed by atoms with Crippen molar-refractivity contribution in [2.24, 2.45) is 0 Å². The molecule has 0 saturated carbocycles. The second kappa shape index (κ2) is 9.39. The molecule has 0 fully saturated rings. The molecule has 0 unspecified atom stereocenters. The smallest absolute Gasteiger partial charge is 0.266 e. The fourth-order valence-electron chi connectivity index (χ4n) is 2.97. The van der Waals surface area contributed by atoms with Crippen molar-refractivity contribution < 1.29 is 18.0 Å². The second-order valence-corrected chi connectivity index (χ2v) is 6.81. The minimum absolute atomic E-state index is 0.0792. The van der Waals surface area contributed by atoms with Crippen molar-refractivity contribution in [1.29, 1.82) is 0 Å². The topological polar surface area (TPSA) is 64.0 Å². The number of halogens is 3. The molecule has 0 bridgehead atoms. The van der Waals surface area contributed by atoms with E-state index < -0.39 is 29.1 Å². The Hall–Kier alpha value is -3.42. The lowest BCUT2D eigenvalue weighted by Gasteiger charge is -2.18. The van der Waals surface area contributed by atoms with Crippen molar-refractivity contribution >= 4 is 5.91 Å². The summed E-state index contributed by atoms with van der Waals surface area (Å²) in [6, 6.07) is 11.6. The molecule has 1 aromatic heterocycles. The Morgan fingerprint density at radius 1 is 1.03 bits per heavy atom. The highest BCUT2D eigenvalue weighted by atomic mass is 19.2. The fourth-order valence-corrected chi connectivity index (χ4v) is 2.97. The molecule has 1 N–H and O–H groups in total. The van der Waals surface area contributed by atoms with Gasteiger partial charge in [0.25, 0.3) is 5.56 Å². The predicted octanol–water partition coefficient (Wildman–Crippen LogP) is 3.47. The Morgan fingerprint density at radius 2 is 1.80 bits per heavy atom. The molecule has 0 spiro atoms. The molecule has 2 aromatic carbocycles. The number of nitrogens with one attached hydrogen (secondary N) is 1. The molecular weight excluding hydrogens is 395 g/mol. The van der Waals surface area contributed by atoms with Gasteiger partial charge in [-0.25, -0.2) is 17.9 Å². The van der Waals surface area contributed by atoms with Gasteiger partial charge in [0, 0.05) is 17.7 Å². The Kier molecular flexibility index (Phi) is 6.66. The van der Waals surface area contributed by atoms with Crippen LogP contribution in [0, 0.1) is 17.5 Å². The predicted molar refractivity (Wildman–Crippen MR) is 106 cm³/mol. The number of nitrogens with zero attached hydrogens (tertiary/aromatic N) is 2. The Bertz CT molecular complexity index is 1110. The molecule has 3 rings (SSSR count). The van der Waals surface area contributed by atoms with Gasteiger partial charge in [-0.1, -0.05) is 25.1 Å². The average Bonchev–Trinajstić information content (AvgIpc) is 2.72. The lowest BCUT2D eigenvalue weighted by Crippen LogP contribution is -2.41. The van der Waals surface area contributed by atoms with Gasteiger partial charge in [-0.05, 0) is 42.3 Å². The molecular formula is C22H20F3N3O2. The van der Waals surface area contributed by atoms with Crippen molar-refractivity contribution in [3.05, 3.63) is 88.0 Å². The van der Waals surface area contributed by atoms with Crippen LogP contribution in [0.4, 0.5) is 13.2 Å². The van der Waals surface area contributed by atoms with Crippen LogP contribution in [-0.2, 0) is 17.8 Å². The van der Waals surface area contributed by atoms with Gasteiger partial charge in [0.1, 0.15) is 5.82 Å². The first-order valence-corrected chi connectivity index (χ1v) is 9.43. The van der Waals surface area contributed by atoms with Gasteiger partial charge in [0.05, 0.1) is 18.7 Å². The zero-order valence-electron chi connectivity index (χ0n) is 16.2. The van der Waals surface area contributed by atoms with Crippen LogP contribution >= 0.6 is 0 Å². The Morgan fingerprint density at radius 3 is 2.50 bits per heavy atom. The number of aromatic nitrogens is 2. The molecule has 8 heteroatoms. The minimum Gasteiger partial charge on any atom is -0.351 e. The monoisotopic (exact) mass is 415 g/mol. The third-order valence-corrected chi connectivity index (χ3v) is 4.64. The summed E-state index contributed by atoms with van der Waals surface area (Å²) in [4.78, 5) is 24.5. The third kappa shape index (κ3) is 5.14. The highest BCUT2D eigenvalue weighted by Crippen LogP contribution is 2.18. The van der Waals surface area contributed by atoms with Gasteiger partial charge < -0.3 is 5.32 Å². The molecule has 3 aromatic rings. The van der Waals surface area contributed by atoms with E-state index in [-0.39, 0.29) is 24.4 Å². The van der Waals surface area contributed by atoms with Gasteiger partial charge in [-0.15, -0.1) is 0 Å². The van der Waals surface area contributed by atoms with E-state index in [1.165, 1.54) is 30.3 Å². The Balaban J connectivity index is 1.74. The first-order valence-electron chi connectivity index (χ1n) is 9.43. The van der Waals surface area contributed by atoms with Crippen LogP contribution in [0.5, 0.6) is 0 Å². The molecule has 0 aliphatic rings. The number of rotatable bonds is 7. The number of carbonyl (C=O) groups is 1. The quantitative estimate of drug-likeness (QED) is 0.643. The first kappa shape index (κ1) is 21.3. The van der Waals surface area contributed by atoms with E-state index in [4.69, 9.17) is 0 Å². The minimum atomic E-state index is -1.01. The van der Waals surface area contributed by atoms with Crippen molar-refractivity contribution in [1.82, 2.24) is 15.1 Å². The van der Waals surface area contributed by atoms with Crippen LogP contribution < -0.4 is 10.9 Å². The van der Waals surface area contributed by atoms with Gasteiger partial charge >= 0.3 is 0 Å². The standard InChI is InChI=1S/C22H20F3N3O2/c1-2-16(26-21(29)12-14-5-3-4-6-17(14)23)13-28-22(30)10-9-20(27-28)15-7-8-18(24)19(25)11-15/h3-11,16H,2,12-13H2,1H3,(H,26,29)/t16-/m0/s1. The number of hydrogen-bond donors (Lipinski definition) is 1. The van der Waals surface area contributed by atoms with Crippen molar-refractivity contribution in [3.8, 4) is 11.3 Å². The summed E-state index contributed by atoms with van der Waals surface area (Å²) in [6.45, 7) is 1.91. The molecule has 0 aliphatic carbocycles. The van der Waals surface area contributed by atoms with E-state index in [0.717, 1.165) is 16.8 Å². The molecule has 30 heavy (non-hydrogen) atoms. The summed E-state index contributed by atoms with van der Waals surface area (Å²) in [5.74, 6) is -2.83. The molecule has 0 saturated heterocycles. The van der Waals surface area contributed by atoms with E-state index in [1.807, 2.05) is 6.92 Å². The van der Waals surface area contributed by atoms with E-state index in [1.54, 1.807) is 12.1 Å². The van der Waals surface area contributed by atoms with Gasteiger partial charge in [-0.2, -0.15) is 5.10 Å². The van der Waals surface area contributed by atoms with Gasteiger partial charge in [-0.3, -0.25) is 9.59 Å². The summed E-state index contributed by atoms with van der Waals surface area (Å²) < 4.78 is 41.6. The summed E-state index contributed by atoms with van der Waals surface area (Å²) in [5, 5.41) is 6.99. The normalized spacial score (nSPS) is 11.9. The highest BCUT2D eigenvalue weighted by Gasteiger charge is 2.15. The summed E-state index contributed by atoms with van der Waals surface area (Å²) in [5.41, 5.74) is 0.490. The van der Waals surface area contributed by atoms with Gasteiger partial charge in [0.15, 0.2) is 11.6 Å². The molecule has 1 heterocycles. The number of amides is 1. The number of hydrogen-bond acceptors (Lipinski definition) is 3. The van der Waals surface area contributed by atoms with Crippen LogP contribution in [0.25, 0.3) is 11.3 Å². The third-order valence-electron chi connectivity index (χ3n) is 4.64. The maximum atomic E-state index is 13.7. The van der Waals surface area contributed by atoms with E-state index in [9.17, 15) is 22.8 Å². The maximum Gasteiger partial charge on any atom is 0.266 e. The van der Waals surface area contributed by atoms with Crippen LogP contribution in [0.1, 0.15) is 18.9 Å². The lowest BCUT2D eigenvalue weighted by atomic mass is 10.1. The molecule has 156 valence electrons. The van der Waals surface area contributed by atoms with Crippen molar-refractivity contribution in [3.63, 3.8) is 0 Å². The molecule has 1 amide bonds. The van der Waals surface area contributed by atoms with Crippen LogP contribution in [0.2, 0.25) is 0 Å². The van der Waals surface area contributed by atoms with E-state index in [0.29, 0.717) is 17.7 Å². The fraction of sp³-hybridized carbons (Fsp3) is 0.227. The molecule has 5 nitrogen and oxygen atoms in total. The SMILES string of the molecule is CC[C@@H](Cn1nc(-c2ccc(F)c(F)c2)ccc1=O)NC(=O)Cc1ccccc1F. The Labute approximate surface area is 171 Å². The second-order valence-electron chi connectivity index (χ2n) is 6.81. The van der Waals surface area contributed by atoms with E-state index in [2.05, 4.69) is 10.4 Å². The molecule has 1 atom stereocenters.